The molecular formula is C25H26BrClN2O4. The molecule has 2 aromatic rings. The van der Waals surface area contributed by atoms with Crippen molar-refractivity contribution >= 4 is 57.1 Å². The molecule has 4 amide bonds. The van der Waals surface area contributed by atoms with E-state index in [1.807, 2.05) is 6.07 Å². The van der Waals surface area contributed by atoms with E-state index >= 15 is 0 Å². The van der Waals surface area contributed by atoms with Gasteiger partial charge in [-0.1, -0.05) is 72.6 Å². The molecular weight excluding hydrogens is 508 g/mol. The number of amides is 4. The monoisotopic (exact) mass is 532 g/mol. The predicted octanol–water partition coefficient (Wildman–Crippen LogP) is 6.51. The van der Waals surface area contributed by atoms with Crippen LogP contribution in [0.2, 0.25) is 5.02 Å². The lowest BCUT2D eigenvalue weighted by Crippen LogP contribution is -2.54. The zero-order chi connectivity index (χ0) is 23.8. The number of urea groups is 1. The summed E-state index contributed by atoms with van der Waals surface area (Å²) >= 11 is 9.44. The Labute approximate surface area is 207 Å². The van der Waals surface area contributed by atoms with Crippen LogP contribution in [0.3, 0.4) is 0 Å². The van der Waals surface area contributed by atoms with E-state index in [9.17, 15) is 14.4 Å². The highest BCUT2D eigenvalue weighted by atomic mass is 79.9. The number of ether oxygens (including phenoxy) is 1. The maximum absolute atomic E-state index is 13.1. The molecule has 2 aromatic carbocycles. The second-order valence-corrected chi connectivity index (χ2v) is 9.09. The van der Waals surface area contributed by atoms with E-state index in [1.54, 1.807) is 30.3 Å². The molecule has 0 radical (unpaired) electrons. The van der Waals surface area contributed by atoms with Gasteiger partial charge in [-0.15, -0.1) is 0 Å². The summed E-state index contributed by atoms with van der Waals surface area (Å²) in [7, 11) is 0. The Bertz CT molecular complexity index is 1070. The Morgan fingerprint density at radius 1 is 1.03 bits per heavy atom. The van der Waals surface area contributed by atoms with Crippen molar-refractivity contribution in [2.45, 2.75) is 45.4 Å². The van der Waals surface area contributed by atoms with Crippen molar-refractivity contribution in [1.82, 2.24) is 5.32 Å². The molecule has 3 rings (SSSR count). The first-order chi connectivity index (χ1) is 15.9. The van der Waals surface area contributed by atoms with Crippen LogP contribution in [0.5, 0.6) is 5.75 Å². The number of hydrogen-bond donors (Lipinski definition) is 1. The first kappa shape index (κ1) is 25.0. The predicted molar refractivity (Wildman–Crippen MR) is 133 cm³/mol. The van der Waals surface area contributed by atoms with Crippen LogP contribution in [0.15, 0.2) is 52.5 Å². The van der Waals surface area contributed by atoms with Gasteiger partial charge in [0.25, 0.3) is 11.8 Å². The second kappa shape index (κ2) is 12.0. The summed E-state index contributed by atoms with van der Waals surface area (Å²) < 4.78 is 6.72. The third kappa shape index (κ3) is 6.68. The van der Waals surface area contributed by atoms with E-state index in [2.05, 4.69) is 28.2 Å². The van der Waals surface area contributed by atoms with E-state index in [4.69, 9.17) is 16.3 Å². The number of benzene rings is 2. The first-order valence-corrected chi connectivity index (χ1v) is 12.2. The van der Waals surface area contributed by atoms with E-state index in [1.165, 1.54) is 37.8 Å². The van der Waals surface area contributed by atoms with Gasteiger partial charge in [-0.3, -0.25) is 14.9 Å². The second-order valence-electron chi connectivity index (χ2n) is 7.74. The molecule has 1 saturated heterocycles. The van der Waals surface area contributed by atoms with Crippen LogP contribution in [0.1, 0.15) is 51.0 Å². The summed E-state index contributed by atoms with van der Waals surface area (Å²) in [5.41, 5.74) is 0.670. The van der Waals surface area contributed by atoms with Crippen LogP contribution in [0.25, 0.3) is 6.08 Å². The van der Waals surface area contributed by atoms with E-state index in [0.29, 0.717) is 22.9 Å². The summed E-state index contributed by atoms with van der Waals surface area (Å²) in [6.07, 6.45) is 8.32. The zero-order valence-electron chi connectivity index (χ0n) is 18.4. The lowest BCUT2D eigenvalue weighted by Gasteiger charge is -2.26. The van der Waals surface area contributed by atoms with Gasteiger partial charge in [-0.2, -0.15) is 0 Å². The van der Waals surface area contributed by atoms with Crippen LogP contribution in [-0.2, 0) is 9.59 Å². The van der Waals surface area contributed by atoms with Gasteiger partial charge in [0.1, 0.15) is 11.3 Å². The number of nitrogens with zero attached hydrogens (tertiary/aromatic N) is 1. The molecule has 8 heteroatoms. The highest BCUT2D eigenvalue weighted by Gasteiger charge is 2.37. The topological polar surface area (TPSA) is 75.7 Å². The van der Waals surface area contributed by atoms with Crippen molar-refractivity contribution in [3.63, 3.8) is 0 Å². The van der Waals surface area contributed by atoms with Gasteiger partial charge in [0.05, 0.1) is 12.3 Å². The molecule has 1 N–H and O–H groups in total. The number of hydrogen-bond acceptors (Lipinski definition) is 4. The highest BCUT2D eigenvalue weighted by Crippen LogP contribution is 2.29. The van der Waals surface area contributed by atoms with Crippen molar-refractivity contribution < 1.29 is 19.1 Å². The molecule has 1 aliphatic rings. The minimum absolute atomic E-state index is 0.169. The first-order valence-electron chi connectivity index (χ1n) is 11.0. The van der Waals surface area contributed by atoms with Crippen LogP contribution in [-0.4, -0.2) is 24.5 Å². The summed E-state index contributed by atoms with van der Waals surface area (Å²) in [4.78, 5) is 38.9. The van der Waals surface area contributed by atoms with Crippen LogP contribution in [0, 0.1) is 0 Å². The molecule has 1 fully saturated rings. The van der Waals surface area contributed by atoms with Gasteiger partial charge in [0, 0.05) is 15.1 Å². The quantitative estimate of drug-likeness (QED) is 0.215. The third-order valence-corrected chi connectivity index (χ3v) is 5.92. The summed E-state index contributed by atoms with van der Waals surface area (Å²) in [6, 6.07) is 10.9. The molecule has 0 unspecified atom stereocenters. The summed E-state index contributed by atoms with van der Waals surface area (Å²) in [5.74, 6) is -0.927. The van der Waals surface area contributed by atoms with Gasteiger partial charge in [-0.05, 0) is 48.9 Å². The number of anilines is 1. The third-order valence-electron chi connectivity index (χ3n) is 5.20. The molecule has 0 aromatic heterocycles. The molecule has 6 nitrogen and oxygen atoms in total. The minimum atomic E-state index is -0.821. The molecule has 0 bridgehead atoms. The fourth-order valence-electron chi connectivity index (χ4n) is 3.49. The van der Waals surface area contributed by atoms with E-state index < -0.39 is 17.8 Å². The van der Waals surface area contributed by atoms with Crippen molar-refractivity contribution in [1.29, 1.82) is 0 Å². The Balaban J connectivity index is 1.80. The lowest BCUT2D eigenvalue weighted by molar-refractivity contribution is -0.122. The molecule has 1 aliphatic heterocycles. The van der Waals surface area contributed by atoms with Gasteiger partial charge in [-0.25, -0.2) is 9.69 Å². The number of carbonyl (C=O) groups is 3. The maximum atomic E-state index is 13.1. The Morgan fingerprint density at radius 3 is 2.55 bits per heavy atom. The fraction of sp³-hybridized carbons (Fsp3) is 0.320. The number of barbiturate groups is 1. The number of halogens is 2. The Kier molecular flexibility index (Phi) is 9.09. The van der Waals surface area contributed by atoms with Crippen molar-refractivity contribution in [3.05, 3.63) is 63.1 Å². The molecule has 33 heavy (non-hydrogen) atoms. The SMILES string of the molecule is CCCCCCCCOc1ccc(Br)cc1/C=C1\C(=O)NC(=O)N(c2cccc(Cl)c2)C1=O. The molecule has 0 aliphatic carbocycles. The van der Waals surface area contributed by atoms with Gasteiger partial charge < -0.3 is 4.74 Å². The van der Waals surface area contributed by atoms with Crippen molar-refractivity contribution in [2.24, 2.45) is 0 Å². The smallest absolute Gasteiger partial charge is 0.335 e. The molecule has 0 atom stereocenters. The largest absolute Gasteiger partial charge is 0.493 e. The molecule has 174 valence electrons. The average Bonchev–Trinajstić information content (AvgIpc) is 2.77. The highest BCUT2D eigenvalue weighted by molar-refractivity contribution is 9.10. The molecule has 1 heterocycles. The Morgan fingerprint density at radius 2 is 1.79 bits per heavy atom. The standard InChI is InChI=1S/C25H26BrClN2O4/c1-2-3-4-5-6-7-13-33-22-12-11-18(26)14-17(22)15-21-23(30)28-25(32)29(24(21)31)20-10-8-9-19(27)16-20/h8-12,14-16H,2-7,13H2,1H3,(H,28,30,32)/b21-15+. The lowest BCUT2D eigenvalue weighted by atomic mass is 10.1. The summed E-state index contributed by atoms with van der Waals surface area (Å²) in [6.45, 7) is 2.73. The van der Waals surface area contributed by atoms with Gasteiger partial charge in [0.2, 0.25) is 0 Å². The number of nitrogens with one attached hydrogen (secondary N) is 1. The van der Waals surface area contributed by atoms with Gasteiger partial charge >= 0.3 is 6.03 Å². The normalized spacial score (nSPS) is 15.2. The van der Waals surface area contributed by atoms with Crippen molar-refractivity contribution in [3.8, 4) is 5.75 Å². The van der Waals surface area contributed by atoms with E-state index in [0.717, 1.165) is 22.2 Å². The summed E-state index contributed by atoms with van der Waals surface area (Å²) in [5, 5.41) is 2.59. The zero-order valence-corrected chi connectivity index (χ0v) is 20.7. The number of carbonyl (C=O) groups excluding carboxylic acids is 3. The fourth-order valence-corrected chi connectivity index (χ4v) is 4.05. The number of unbranched alkanes of at least 4 members (excludes halogenated alkanes) is 5. The van der Waals surface area contributed by atoms with E-state index in [-0.39, 0.29) is 11.3 Å². The average molecular weight is 534 g/mol. The van der Waals surface area contributed by atoms with Gasteiger partial charge in [0.15, 0.2) is 0 Å². The van der Waals surface area contributed by atoms with Crippen LogP contribution >= 0.6 is 27.5 Å². The Hall–Kier alpha value is -2.64. The van der Waals surface area contributed by atoms with Crippen LogP contribution < -0.4 is 15.0 Å². The van der Waals surface area contributed by atoms with Crippen molar-refractivity contribution in [2.75, 3.05) is 11.5 Å². The van der Waals surface area contributed by atoms with Crippen LogP contribution in [0.4, 0.5) is 10.5 Å². The minimum Gasteiger partial charge on any atom is -0.493 e. The molecule has 0 spiro atoms. The maximum Gasteiger partial charge on any atom is 0.335 e. The number of rotatable bonds is 10. The number of imide groups is 2. The molecule has 0 saturated carbocycles.